The lowest BCUT2D eigenvalue weighted by Gasteiger charge is -2.18. The number of hydrogen-bond acceptors (Lipinski definition) is 4. The number of benzene rings is 2. The second kappa shape index (κ2) is 7.87. The summed E-state index contributed by atoms with van der Waals surface area (Å²) >= 11 is 0. The van der Waals surface area contributed by atoms with E-state index in [2.05, 4.69) is 10.3 Å². The van der Waals surface area contributed by atoms with Gasteiger partial charge in [0, 0.05) is 42.3 Å². The molecule has 2 N–H and O–H groups in total. The maximum Gasteiger partial charge on any atom is 0.229 e. The third-order valence-corrected chi connectivity index (χ3v) is 5.23. The molecule has 0 spiro atoms. The van der Waals surface area contributed by atoms with Crippen molar-refractivity contribution in [2.45, 2.75) is 13.0 Å². The van der Waals surface area contributed by atoms with Gasteiger partial charge in [0.15, 0.2) is 11.5 Å². The summed E-state index contributed by atoms with van der Waals surface area (Å²) in [5, 5.41) is 3.96. The number of carbonyl (C=O) groups excluding carboxylic acids is 2. The van der Waals surface area contributed by atoms with Crippen LogP contribution in [0.4, 0.5) is 5.69 Å². The van der Waals surface area contributed by atoms with Crippen molar-refractivity contribution >= 4 is 28.4 Å². The van der Waals surface area contributed by atoms with Gasteiger partial charge in [-0.05, 0) is 42.0 Å². The Balaban J connectivity index is 1.41. The van der Waals surface area contributed by atoms with Gasteiger partial charge >= 0.3 is 0 Å². The largest absolute Gasteiger partial charge is 0.493 e. The highest BCUT2D eigenvalue weighted by Gasteiger charge is 2.34. The van der Waals surface area contributed by atoms with Crippen molar-refractivity contribution in [2.75, 3.05) is 26.1 Å². The number of ether oxygens (including phenoxy) is 2. The zero-order valence-electron chi connectivity index (χ0n) is 16.4. The first-order valence-corrected chi connectivity index (χ1v) is 9.44. The molecular formula is C22H23N3O4. The van der Waals surface area contributed by atoms with Gasteiger partial charge in [-0.25, -0.2) is 0 Å². The van der Waals surface area contributed by atoms with Crippen molar-refractivity contribution in [1.82, 2.24) is 9.88 Å². The van der Waals surface area contributed by atoms with Crippen LogP contribution in [0.15, 0.2) is 48.7 Å². The number of carbonyl (C=O) groups is 2. The molecule has 0 aliphatic carbocycles. The molecule has 2 heterocycles. The molecular weight excluding hydrogens is 370 g/mol. The molecule has 0 unspecified atom stereocenters. The first-order valence-electron chi connectivity index (χ1n) is 9.44. The van der Waals surface area contributed by atoms with Crippen LogP contribution in [0.3, 0.4) is 0 Å². The zero-order chi connectivity index (χ0) is 20.4. The standard InChI is InChI=1S/C22H23N3O4/c1-28-19-6-3-14(9-20(19)29-2)12-25-13-16(11-21(25)26)22(27)24-17-4-5-18-15(10-17)7-8-23-18/h3-10,16,23H,11-13H2,1-2H3,(H,24,27)/t16-/m1/s1. The predicted molar refractivity (Wildman–Crippen MR) is 110 cm³/mol. The highest BCUT2D eigenvalue weighted by atomic mass is 16.5. The fourth-order valence-electron chi connectivity index (χ4n) is 3.68. The summed E-state index contributed by atoms with van der Waals surface area (Å²) in [6.07, 6.45) is 2.07. The van der Waals surface area contributed by atoms with Gasteiger partial charge in [-0.3, -0.25) is 9.59 Å². The van der Waals surface area contributed by atoms with Gasteiger partial charge in [0.2, 0.25) is 11.8 Å². The molecule has 1 saturated heterocycles. The van der Waals surface area contributed by atoms with Crippen LogP contribution in [-0.4, -0.2) is 42.5 Å². The van der Waals surface area contributed by atoms with Gasteiger partial charge in [0.1, 0.15) is 0 Å². The van der Waals surface area contributed by atoms with Crippen LogP contribution in [0.1, 0.15) is 12.0 Å². The summed E-state index contributed by atoms with van der Waals surface area (Å²) in [7, 11) is 3.16. The van der Waals surface area contributed by atoms with Gasteiger partial charge in [0.05, 0.1) is 20.1 Å². The van der Waals surface area contributed by atoms with E-state index >= 15 is 0 Å². The maximum absolute atomic E-state index is 12.7. The SMILES string of the molecule is COc1ccc(CN2C[C@H](C(=O)Nc3ccc4[nH]ccc4c3)CC2=O)cc1OC. The Kier molecular flexibility index (Phi) is 5.12. The number of nitrogens with zero attached hydrogens (tertiary/aromatic N) is 1. The maximum atomic E-state index is 12.7. The summed E-state index contributed by atoms with van der Waals surface area (Å²) in [6.45, 7) is 0.823. The van der Waals surface area contributed by atoms with Gasteiger partial charge in [0.25, 0.3) is 0 Å². The van der Waals surface area contributed by atoms with Crippen molar-refractivity contribution < 1.29 is 19.1 Å². The van der Waals surface area contributed by atoms with Crippen LogP contribution in [0.5, 0.6) is 11.5 Å². The van der Waals surface area contributed by atoms with E-state index in [1.165, 1.54) is 0 Å². The summed E-state index contributed by atoms with van der Waals surface area (Å²) in [6, 6.07) is 13.2. The Labute approximate surface area is 168 Å². The molecule has 3 aromatic rings. The van der Waals surface area contributed by atoms with Crippen LogP contribution in [0.25, 0.3) is 10.9 Å². The smallest absolute Gasteiger partial charge is 0.229 e. The van der Waals surface area contributed by atoms with E-state index in [0.29, 0.717) is 24.6 Å². The molecule has 7 nitrogen and oxygen atoms in total. The number of fused-ring (bicyclic) bond motifs is 1. The van der Waals surface area contributed by atoms with E-state index in [4.69, 9.17) is 9.47 Å². The zero-order valence-corrected chi connectivity index (χ0v) is 16.4. The fraction of sp³-hybridized carbons (Fsp3) is 0.273. The number of likely N-dealkylation sites (tertiary alicyclic amines) is 1. The molecule has 150 valence electrons. The van der Waals surface area contributed by atoms with Crippen LogP contribution < -0.4 is 14.8 Å². The Morgan fingerprint density at radius 3 is 2.76 bits per heavy atom. The van der Waals surface area contributed by atoms with Crippen molar-refractivity contribution in [3.05, 3.63) is 54.2 Å². The van der Waals surface area contributed by atoms with E-state index in [0.717, 1.165) is 22.2 Å². The van der Waals surface area contributed by atoms with E-state index in [1.54, 1.807) is 19.1 Å². The summed E-state index contributed by atoms with van der Waals surface area (Å²) in [5.41, 5.74) is 2.67. The van der Waals surface area contributed by atoms with Crippen molar-refractivity contribution in [1.29, 1.82) is 0 Å². The minimum atomic E-state index is -0.371. The van der Waals surface area contributed by atoms with Gasteiger partial charge in [-0.15, -0.1) is 0 Å². The Morgan fingerprint density at radius 2 is 1.97 bits per heavy atom. The monoisotopic (exact) mass is 393 g/mol. The lowest BCUT2D eigenvalue weighted by molar-refractivity contribution is -0.128. The molecule has 0 radical (unpaired) electrons. The van der Waals surface area contributed by atoms with E-state index in [1.807, 2.05) is 48.7 Å². The van der Waals surface area contributed by atoms with Crippen molar-refractivity contribution in [3.63, 3.8) is 0 Å². The van der Waals surface area contributed by atoms with Gasteiger partial charge in [-0.2, -0.15) is 0 Å². The minimum absolute atomic E-state index is 0.0268. The highest BCUT2D eigenvalue weighted by molar-refractivity contribution is 5.98. The van der Waals surface area contributed by atoms with Crippen LogP contribution in [-0.2, 0) is 16.1 Å². The number of H-pyrrole nitrogens is 1. The first kappa shape index (κ1) is 18.9. The molecule has 1 atom stereocenters. The molecule has 7 heteroatoms. The highest BCUT2D eigenvalue weighted by Crippen LogP contribution is 2.29. The van der Waals surface area contributed by atoms with Gasteiger partial charge < -0.3 is 24.7 Å². The number of hydrogen-bond donors (Lipinski definition) is 2. The number of aromatic nitrogens is 1. The number of nitrogens with one attached hydrogen (secondary N) is 2. The van der Waals surface area contributed by atoms with Gasteiger partial charge in [-0.1, -0.05) is 6.07 Å². The predicted octanol–water partition coefficient (Wildman–Crippen LogP) is 3.17. The van der Waals surface area contributed by atoms with Crippen molar-refractivity contribution in [2.24, 2.45) is 5.92 Å². The molecule has 4 rings (SSSR count). The number of aromatic amines is 1. The molecule has 1 aliphatic rings. The molecule has 0 bridgehead atoms. The minimum Gasteiger partial charge on any atom is -0.493 e. The van der Waals surface area contributed by atoms with Crippen LogP contribution in [0, 0.1) is 5.92 Å². The normalized spacial score (nSPS) is 16.3. The Hall–Kier alpha value is -3.48. The molecule has 29 heavy (non-hydrogen) atoms. The average Bonchev–Trinajstić information content (AvgIpc) is 3.34. The summed E-state index contributed by atoms with van der Waals surface area (Å²) in [4.78, 5) is 30.0. The number of methoxy groups -OCH3 is 2. The quantitative estimate of drug-likeness (QED) is 0.674. The molecule has 2 amide bonds. The summed E-state index contributed by atoms with van der Waals surface area (Å²) < 4.78 is 10.6. The molecule has 1 aromatic heterocycles. The number of amides is 2. The Bertz CT molecular complexity index is 1060. The third kappa shape index (κ3) is 3.89. The first-order chi connectivity index (χ1) is 14.1. The fourth-order valence-corrected chi connectivity index (χ4v) is 3.68. The van der Waals surface area contributed by atoms with Crippen LogP contribution >= 0.6 is 0 Å². The van der Waals surface area contributed by atoms with E-state index < -0.39 is 0 Å². The lowest BCUT2D eigenvalue weighted by Crippen LogP contribution is -2.28. The Morgan fingerprint density at radius 1 is 1.14 bits per heavy atom. The third-order valence-electron chi connectivity index (χ3n) is 5.23. The summed E-state index contributed by atoms with van der Waals surface area (Å²) in [5.74, 6) is 0.723. The number of anilines is 1. The number of rotatable bonds is 6. The van der Waals surface area contributed by atoms with E-state index in [-0.39, 0.29) is 24.2 Å². The molecule has 0 saturated carbocycles. The van der Waals surface area contributed by atoms with Crippen LogP contribution in [0.2, 0.25) is 0 Å². The topological polar surface area (TPSA) is 83.7 Å². The molecule has 2 aromatic carbocycles. The lowest BCUT2D eigenvalue weighted by atomic mass is 10.1. The second-order valence-electron chi connectivity index (χ2n) is 7.13. The van der Waals surface area contributed by atoms with Crippen molar-refractivity contribution in [3.8, 4) is 11.5 Å². The van der Waals surface area contributed by atoms with E-state index in [9.17, 15) is 9.59 Å². The molecule has 1 aliphatic heterocycles. The molecule has 1 fully saturated rings. The average molecular weight is 393 g/mol. The second-order valence-corrected chi connectivity index (χ2v) is 7.13.